The Kier molecular flexibility index (Phi) is 4.19. The van der Waals surface area contributed by atoms with Gasteiger partial charge in [-0.15, -0.1) is 0 Å². The molecule has 0 saturated carbocycles. The van der Waals surface area contributed by atoms with Crippen molar-refractivity contribution < 1.29 is 4.74 Å². The first kappa shape index (κ1) is 10.8. The molecular weight excluding hydrogens is 178 g/mol. The highest BCUT2D eigenvalue weighted by Crippen LogP contribution is 2.10. The zero-order valence-electron chi connectivity index (χ0n) is 8.95. The molecule has 0 amide bonds. The van der Waals surface area contributed by atoms with Gasteiger partial charge in [0.15, 0.2) is 5.82 Å². The van der Waals surface area contributed by atoms with Crippen molar-refractivity contribution >= 4 is 5.82 Å². The first-order valence-corrected chi connectivity index (χ1v) is 4.66. The fraction of sp³-hybridized carbons (Fsp3) is 0.500. The molecule has 0 spiro atoms. The zero-order valence-corrected chi connectivity index (χ0v) is 8.95. The summed E-state index contributed by atoms with van der Waals surface area (Å²) in [5, 5.41) is 7.16. The minimum atomic E-state index is 0.717. The SMILES string of the molecule is CC=CN(C)c1cc(CCOC)[nH]n1. The molecule has 0 aliphatic rings. The van der Waals surface area contributed by atoms with Crippen LogP contribution in [-0.2, 0) is 11.2 Å². The average Bonchev–Trinajstić information content (AvgIpc) is 2.63. The van der Waals surface area contributed by atoms with Gasteiger partial charge in [0.1, 0.15) is 0 Å². The molecule has 0 bridgehead atoms. The number of allylic oxidation sites excluding steroid dienone is 1. The van der Waals surface area contributed by atoms with E-state index in [2.05, 4.69) is 10.2 Å². The Morgan fingerprint density at radius 3 is 3.07 bits per heavy atom. The van der Waals surface area contributed by atoms with Crippen LogP contribution < -0.4 is 4.90 Å². The fourth-order valence-corrected chi connectivity index (χ4v) is 1.17. The molecule has 0 aliphatic carbocycles. The van der Waals surface area contributed by atoms with Crippen LogP contribution in [0.3, 0.4) is 0 Å². The summed E-state index contributed by atoms with van der Waals surface area (Å²) in [6, 6.07) is 2.03. The van der Waals surface area contributed by atoms with Gasteiger partial charge < -0.3 is 9.64 Å². The lowest BCUT2D eigenvalue weighted by Gasteiger charge is -2.07. The summed E-state index contributed by atoms with van der Waals surface area (Å²) >= 11 is 0. The third kappa shape index (κ3) is 2.88. The van der Waals surface area contributed by atoms with E-state index in [0.717, 1.165) is 24.5 Å². The van der Waals surface area contributed by atoms with Crippen molar-refractivity contribution in [1.29, 1.82) is 0 Å². The van der Waals surface area contributed by atoms with Crippen molar-refractivity contribution in [3.63, 3.8) is 0 Å². The second-order valence-electron chi connectivity index (χ2n) is 3.09. The summed E-state index contributed by atoms with van der Waals surface area (Å²) in [6.07, 6.45) is 4.81. The van der Waals surface area contributed by atoms with Gasteiger partial charge in [-0.2, -0.15) is 5.10 Å². The van der Waals surface area contributed by atoms with Crippen LogP contribution in [0.1, 0.15) is 12.6 Å². The van der Waals surface area contributed by atoms with E-state index in [4.69, 9.17) is 4.74 Å². The summed E-state index contributed by atoms with van der Waals surface area (Å²) in [4.78, 5) is 1.97. The summed E-state index contributed by atoms with van der Waals surface area (Å²) < 4.78 is 4.99. The van der Waals surface area contributed by atoms with Crippen LogP contribution in [0.2, 0.25) is 0 Å². The molecule has 0 radical (unpaired) electrons. The predicted molar refractivity (Wildman–Crippen MR) is 57.4 cm³/mol. The second-order valence-corrected chi connectivity index (χ2v) is 3.09. The number of ether oxygens (including phenoxy) is 1. The smallest absolute Gasteiger partial charge is 0.154 e. The van der Waals surface area contributed by atoms with Crippen LogP contribution >= 0.6 is 0 Å². The molecule has 1 aromatic rings. The van der Waals surface area contributed by atoms with Crippen LogP contribution in [0.5, 0.6) is 0 Å². The molecule has 14 heavy (non-hydrogen) atoms. The molecule has 1 rings (SSSR count). The van der Waals surface area contributed by atoms with E-state index in [1.54, 1.807) is 7.11 Å². The third-order valence-electron chi connectivity index (χ3n) is 1.93. The summed E-state index contributed by atoms with van der Waals surface area (Å²) in [7, 11) is 3.67. The number of anilines is 1. The summed E-state index contributed by atoms with van der Waals surface area (Å²) in [6.45, 7) is 2.70. The molecular formula is C10H17N3O. The molecule has 0 atom stereocenters. The van der Waals surface area contributed by atoms with E-state index in [9.17, 15) is 0 Å². The number of H-pyrrole nitrogens is 1. The average molecular weight is 195 g/mol. The Labute approximate surface area is 84.6 Å². The number of methoxy groups -OCH3 is 1. The van der Waals surface area contributed by atoms with Gasteiger partial charge >= 0.3 is 0 Å². The molecule has 4 nitrogen and oxygen atoms in total. The van der Waals surface area contributed by atoms with Gasteiger partial charge in [-0.25, -0.2) is 0 Å². The van der Waals surface area contributed by atoms with E-state index >= 15 is 0 Å². The van der Waals surface area contributed by atoms with E-state index in [-0.39, 0.29) is 0 Å². The molecule has 1 heterocycles. The topological polar surface area (TPSA) is 41.1 Å². The van der Waals surface area contributed by atoms with Crippen molar-refractivity contribution in [3.8, 4) is 0 Å². The van der Waals surface area contributed by atoms with Crippen LogP contribution in [0.4, 0.5) is 5.82 Å². The molecule has 0 aliphatic heterocycles. The molecule has 1 aromatic heterocycles. The predicted octanol–water partition coefficient (Wildman–Crippen LogP) is 1.57. The maximum atomic E-state index is 4.99. The van der Waals surface area contributed by atoms with Gasteiger partial charge in [-0.3, -0.25) is 5.10 Å². The van der Waals surface area contributed by atoms with Crippen molar-refractivity contribution in [1.82, 2.24) is 10.2 Å². The Balaban J connectivity index is 2.58. The maximum absolute atomic E-state index is 4.99. The third-order valence-corrected chi connectivity index (χ3v) is 1.93. The molecule has 4 heteroatoms. The molecule has 78 valence electrons. The van der Waals surface area contributed by atoms with E-state index < -0.39 is 0 Å². The first-order valence-electron chi connectivity index (χ1n) is 4.66. The number of aromatic amines is 1. The molecule has 0 unspecified atom stereocenters. The lowest BCUT2D eigenvalue weighted by Crippen LogP contribution is -2.07. The number of nitrogens with one attached hydrogen (secondary N) is 1. The standard InChI is InChI=1S/C10H17N3O/c1-4-6-13(2)10-8-9(11-12-10)5-7-14-3/h4,6,8H,5,7H2,1-3H3,(H,11,12). The lowest BCUT2D eigenvalue weighted by molar-refractivity contribution is 0.201. The van der Waals surface area contributed by atoms with Crippen LogP contribution in [0, 0.1) is 0 Å². The lowest BCUT2D eigenvalue weighted by atomic mass is 10.3. The normalized spacial score (nSPS) is 11.1. The highest BCUT2D eigenvalue weighted by molar-refractivity contribution is 5.41. The molecule has 0 aromatic carbocycles. The monoisotopic (exact) mass is 195 g/mol. The number of rotatable bonds is 5. The maximum Gasteiger partial charge on any atom is 0.154 e. The first-order chi connectivity index (χ1) is 6.77. The van der Waals surface area contributed by atoms with E-state index in [0.29, 0.717) is 0 Å². The molecule has 0 fully saturated rings. The Morgan fingerprint density at radius 2 is 2.43 bits per heavy atom. The second kappa shape index (κ2) is 5.44. The minimum absolute atomic E-state index is 0.717. The molecule has 0 saturated heterocycles. The highest BCUT2D eigenvalue weighted by Gasteiger charge is 2.02. The van der Waals surface area contributed by atoms with Gasteiger partial charge in [0.05, 0.1) is 6.61 Å². The van der Waals surface area contributed by atoms with Crippen LogP contribution in [0.15, 0.2) is 18.3 Å². The zero-order chi connectivity index (χ0) is 10.4. The van der Waals surface area contributed by atoms with Crippen LogP contribution in [-0.4, -0.2) is 31.0 Å². The van der Waals surface area contributed by atoms with Crippen LogP contribution in [0.25, 0.3) is 0 Å². The van der Waals surface area contributed by atoms with Crippen molar-refractivity contribution in [2.45, 2.75) is 13.3 Å². The van der Waals surface area contributed by atoms with Crippen molar-refractivity contribution in [2.75, 3.05) is 25.7 Å². The fourth-order valence-electron chi connectivity index (χ4n) is 1.17. The Hall–Kier alpha value is -1.29. The highest BCUT2D eigenvalue weighted by atomic mass is 16.5. The quantitative estimate of drug-likeness (QED) is 0.775. The van der Waals surface area contributed by atoms with Gasteiger partial charge in [0, 0.05) is 38.5 Å². The van der Waals surface area contributed by atoms with Gasteiger partial charge in [0.25, 0.3) is 0 Å². The minimum Gasteiger partial charge on any atom is -0.384 e. The molecule has 1 N–H and O–H groups in total. The summed E-state index contributed by atoms with van der Waals surface area (Å²) in [5.41, 5.74) is 1.10. The number of aromatic nitrogens is 2. The van der Waals surface area contributed by atoms with Crippen molar-refractivity contribution in [3.05, 3.63) is 24.0 Å². The number of hydrogen-bond donors (Lipinski definition) is 1. The Morgan fingerprint density at radius 1 is 1.64 bits per heavy atom. The van der Waals surface area contributed by atoms with Crippen molar-refractivity contribution in [2.24, 2.45) is 0 Å². The number of nitrogens with zero attached hydrogens (tertiary/aromatic N) is 2. The van der Waals surface area contributed by atoms with E-state index in [1.165, 1.54) is 0 Å². The van der Waals surface area contributed by atoms with Gasteiger partial charge in [0.2, 0.25) is 0 Å². The Bertz CT molecular complexity index is 293. The van der Waals surface area contributed by atoms with Gasteiger partial charge in [-0.1, -0.05) is 6.08 Å². The number of hydrogen-bond acceptors (Lipinski definition) is 3. The largest absolute Gasteiger partial charge is 0.384 e. The summed E-state index contributed by atoms with van der Waals surface area (Å²) in [5.74, 6) is 0.925. The van der Waals surface area contributed by atoms with Gasteiger partial charge in [-0.05, 0) is 6.92 Å². The van der Waals surface area contributed by atoms with E-state index in [1.807, 2.05) is 37.2 Å².